The predicted molar refractivity (Wildman–Crippen MR) is 80.3 cm³/mol. The van der Waals surface area contributed by atoms with Crippen molar-refractivity contribution in [2.75, 3.05) is 20.3 Å². The van der Waals surface area contributed by atoms with Gasteiger partial charge in [0.2, 0.25) is 5.88 Å². The molecule has 2 aromatic heterocycles. The summed E-state index contributed by atoms with van der Waals surface area (Å²) < 4.78 is 11.1. The van der Waals surface area contributed by atoms with Crippen molar-refractivity contribution in [2.24, 2.45) is 5.92 Å². The molecule has 0 saturated carbocycles. The second-order valence-corrected chi connectivity index (χ2v) is 5.35. The first-order valence-electron chi connectivity index (χ1n) is 7.54. The molecule has 0 radical (unpaired) electrons. The van der Waals surface area contributed by atoms with Crippen molar-refractivity contribution in [3.63, 3.8) is 0 Å². The molecule has 1 fully saturated rings. The fraction of sp³-hybridized carbons (Fsp3) is 0.533. The van der Waals surface area contributed by atoms with E-state index in [-0.39, 0.29) is 6.10 Å². The van der Waals surface area contributed by atoms with E-state index in [4.69, 9.17) is 9.47 Å². The van der Waals surface area contributed by atoms with Crippen molar-refractivity contribution < 1.29 is 9.47 Å². The van der Waals surface area contributed by atoms with Crippen LogP contribution in [0.2, 0.25) is 0 Å². The molecule has 7 nitrogen and oxygen atoms in total. The van der Waals surface area contributed by atoms with E-state index in [2.05, 4.69) is 25.5 Å². The average Bonchev–Trinajstić information content (AvgIpc) is 3.10. The highest BCUT2D eigenvalue weighted by atomic mass is 16.5. The highest BCUT2D eigenvalue weighted by Gasteiger charge is 2.28. The molecule has 2 atom stereocenters. The van der Waals surface area contributed by atoms with Gasteiger partial charge >= 0.3 is 0 Å². The molecule has 0 aliphatic carbocycles. The minimum absolute atomic E-state index is 0.0764. The maximum atomic E-state index is 5.92. The number of hydrogen-bond donors (Lipinski definition) is 2. The van der Waals surface area contributed by atoms with Gasteiger partial charge in [-0.1, -0.05) is 0 Å². The van der Waals surface area contributed by atoms with Gasteiger partial charge in [0, 0.05) is 44.2 Å². The number of aromatic amines is 1. The van der Waals surface area contributed by atoms with E-state index < -0.39 is 0 Å². The van der Waals surface area contributed by atoms with E-state index >= 15 is 0 Å². The van der Waals surface area contributed by atoms with E-state index in [0.717, 1.165) is 37.4 Å². The summed E-state index contributed by atoms with van der Waals surface area (Å²) in [4.78, 5) is 8.46. The van der Waals surface area contributed by atoms with Gasteiger partial charge in [-0.2, -0.15) is 5.10 Å². The molecule has 3 rings (SSSR count). The normalized spacial score (nSPS) is 21.7. The molecule has 7 heteroatoms. The third kappa shape index (κ3) is 3.42. The number of rotatable bonds is 6. The van der Waals surface area contributed by atoms with Crippen LogP contribution in [0.25, 0.3) is 0 Å². The summed E-state index contributed by atoms with van der Waals surface area (Å²) in [5.74, 6) is 0.983. The molecule has 118 valence electrons. The first-order chi connectivity index (χ1) is 10.9. The number of nitrogens with zero attached hydrogens (tertiary/aromatic N) is 3. The van der Waals surface area contributed by atoms with Crippen molar-refractivity contribution in [1.82, 2.24) is 25.5 Å². The maximum absolute atomic E-state index is 5.92. The number of aromatic nitrogens is 4. The zero-order valence-electron chi connectivity index (χ0n) is 12.7. The lowest BCUT2D eigenvalue weighted by atomic mass is 9.92. The van der Waals surface area contributed by atoms with Crippen LogP contribution in [-0.2, 0) is 11.3 Å². The highest BCUT2D eigenvalue weighted by Crippen LogP contribution is 2.32. The summed E-state index contributed by atoms with van der Waals surface area (Å²) >= 11 is 0. The Morgan fingerprint density at radius 1 is 1.36 bits per heavy atom. The Bertz CT molecular complexity index is 575. The van der Waals surface area contributed by atoms with Gasteiger partial charge in [-0.3, -0.25) is 10.1 Å². The van der Waals surface area contributed by atoms with Crippen molar-refractivity contribution >= 4 is 0 Å². The molecular weight excluding hydrogens is 282 g/mol. The molecule has 0 aromatic carbocycles. The lowest BCUT2D eigenvalue weighted by Gasteiger charge is -2.31. The smallest absolute Gasteiger partial charge is 0.236 e. The standard InChI is InChI=1S/C15H21N5O2/c1-21-15-13(17-6-7-18-15)10-16-9-11-3-2-8-22-14(11)12-4-5-19-20-12/h4-7,11,14,16H,2-3,8-10H2,1H3,(H,19,20)/t11-,14+/m0/s1. The number of hydrogen-bond acceptors (Lipinski definition) is 6. The number of ether oxygens (including phenoxy) is 2. The van der Waals surface area contributed by atoms with Crippen LogP contribution in [0.3, 0.4) is 0 Å². The first kappa shape index (κ1) is 14.9. The summed E-state index contributed by atoms with van der Waals surface area (Å²) in [6, 6.07) is 1.98. The lowest BCUT2D eigenvalue weighted by molar-refractivity contribution is -0.0303. The topological polar surface area (TPSA) is 85.0 Å². The van der Waals surface area contributed by atoms with Crippen LogP contribution in [0.4, 0.5) is 0 Å². The summed E-state index contributed by atoms with van der Waals surface area (Å²) in [7, 11) is 1.61. The lowest BCUT2D eigenvalue weighted by Crippen LogP contribution is -2.32. The van der Waals surface area contributed by atoms with Crippen LogP contribution in [0.5, 0.6) is 5.88 Å². The van der Waals surface area contributed by atoms with Gasteiger partial charge in [-0.15, -0.1) is 0 Å². The third-order valence-electron chi connectivity index (χ3n) is 3.90. The minimum atomic E-state index is 0.0764. The van der Waals surface area contributed by atoms with Crippen molar-refractivity contribution in [2.45, 2.75) is 25.5 Å². The number of methoxy groups -OCH3 is 1. The average molecular weight is 303 g/mol. The Morgan fingerprint density at radius 3 is 3.09 bits per heavy atom. The Morgan fingerprint density at radius 2 is 2.27 bits per heavy atom. The molecule has 0 unspecified atom stereocenters. The maximum Gasteiger partial charge on any atom is 0.236 e. The second-order valence-electron chi connectivity index (χ2n) is 5.35. The molecule has 1 aliphatic heterocycles. The molecule has 0 bridgehead atoms. The molecule has 0 amide bonds. The van der Waals surface area contributed by atoms with Gasteiger partial charge < -0.3 is 14.8 Å². The molecule has 22 heavy (non-hydrogen) atoms. The number of H-pyrrole nitrogens is 1. The molecule has 3 heterocycles. The third-order valence-corrected chi connectivity index (χ3v) is 3.90. The summed E-state index contributed by atoms with van der Waals surface area (Å²) in [6.45, 7) is 2.28. The van der Waals surface area contributed by atoms with Crippen LogP contribution in [0, 0.1) is 5.92 Å². The largest absolute Gasteiger partial charge is 0.480 e. The van der Waals surface area contributed by atoms with E-state index in [1.807, 2.05) is 6.07 Å². The van der Waals surface area contributed by atoms with Gasteiger partial charge in [0.1, 0.15) is 11.8 Å². The van der Waals surface area contributed by atoms with Crippen molar-refractivity contribution in [3.05, 3.63) is 36.0 Å². The molecule has 1 saturated heterocycles. The SMILES string of the molecule is COc1nccnc1CNC[C@@H]1CCCO[C@H]1c1ccn[nH]1. The van der Waals surface area contributed by atoms with E-state index in [9.17, 15) is 0 Å². The predicted octanol–water partition coefficient (Wildman–Crippen LogP) is 1.47. The number of nitrogens with one attached hydrogen (secondary N) is 2. The van der Waals surface area contributed by atoms with E-state index in [1.165, 1.54) is 0 Å². The Labute approximate surface area is 129 Å². The Balaban J connectivity index is 1.57. The summed E-state index contributed by atoms with van der Waals surface area (Å²) in [5, 5.41) is 10.5. The van der Waals surface area contributed by atoms with Gasteiger partial charge in [-0.05, 0) is 18.9 Å². The summed E-state index contributed by atoms with van der Waals surface area (Å²) in [6.07, 6.45) is 7.37. The molecule has 2 N–H and O–H groups in total. The van der Waals surface area contributed by atoms with Crippen LogP contribution < -0.4 is 10.1 Å². The van der Waals surface area contributed by atoms with Gasteiger partial charge in [0.15, 0.2) is 0 Å². The van der Waals surface area contributed by atoms with E-state index in [0.29, 0.717) is 18.3 Å². The molecule has 0 spiro atoms. The molecular formula is C15H21N5O2. The Kier molecular flexibility index (Phi) is 4.97. The first-order valence-corrected chi connectivity index (χ1v) is 7.54. The monoisotopic (exact) mass is 303 g/mol. The van der Waals surface area contributed by atoms with Crippen LogP contribution >= 0.6 is 0 Å². The van der Waals surface area contributed by atoms with E-state index in [1.54, 1.807) is 25.7 Å². The van der Waals surface area contributed by atoms with Crippen molar-refractivity contribution in [1.29, 1.82) is 0 Å². The minimum Gasteiger partial charge on any atom is -0.480 e. The van der Waals surface area contributed by atoms with Crippen molar-refractivity contribution in [3.8, 4) is 5.88 Å². The second kappa shape index (κ2) is 7.33. The molecule has 1 aliphatic rings. The highest BCUT2D eigenvalue weighted by molar-refractivity contribution is 5.16. The van der Waals surface area contributed by atoms with Crippen LogP contribution in [0.1, 0.15) is 30.3 Å². The van der Waals surface area contributed by atoms with Gasteiger partial charge in [0.25, 0.3) is 0 Å². The summed E-state index contributed by atoms with van der Waals surface area (Å²) in [5.41, 5.74) is 1.86. The quantitative estimate of drug-likeness (QED) is 0.840. The Hall–Kier alpha value is -1.99. The molecule has 2 aromatic rings. The van der Waals surface area contributed by atoms with Crippen LogP contribution in [-0.4, -0.2) is 40.4 Å². The fourth-order valence-corrected chi connectivity index (χ4v) is 2.84. The van der Waals surface area contributed by atoms with Gasteiger partial charge in [-0.25, -0.2) is 4.98 Å². The zero-order valence-corrected chi connectivity index (χ0v) is 12.7. The zero-order chi connectivity index (χ0) is 15.2. The van der Waals surface area contributed by atoms with Gasteiger partial charge in [0.05, 0.1) is 12.8 Å². The van der Waals surface area contributed by atoms with Crippen LogP contribution in [0.15, 0.2) is 24.7 Å². The fourth-order valence-electron chi connectivity index (χ4n) is 2.84.